The highest BCUT2D eigenvalue weighted by molar-refractivity contribution is 7.99. The van der Waals surface area contributed by atoms with Crippen LogP contribution in [0.2, 0.25) is 0 Å². The second-order valence-corrected chi connectivity index (χ2v) is 4.84. The first-order chi connectivity index (χ1) is 6.36. The fourth-order valence-electron chi connectivity index (χ4n) is 1.65. The molecule has 0 aromatic heterocycles. The molecule has 0 bridgehead atoms. The van der Waals surface area contributed by atoms with Gasteiger partial charge < -0.3 is 4.90 Å². The molecule has 0 amide bonds. The van der Waals surface area contributed by atoms with E-state index in [1.807, 2.05) is 0 Å². The first-order valence-corrected chi connectivity index (χ1v) is 5.76. The lowest BCUT2D eigenvalue weighted by molar-refractivity contribution is 0.347. The van der Waals surface area contributed by atoms with Crippen LogP contribution in [0.1, 0.15) is 10.8 Å². The van der Waals surface area contributed by atoms with Crippen LogP contribution < -0.4 is 0 Å². The third-order valence-corrected chi connectivity index (χ3v) is 3.68. The number of rotatable bonds is 1. The third kappa shape index (κ3) is 2.26. The summed E-state index contributed by atoms with van der Waals surface area (Å²) >= 11 is 2.08. The summed E-state index contributed by atoms with van der Waals surface area (Å²) in [5.41, 5.74) is 1.47. The summed E-state index contributed by atoms with van der Waals surface area (Å²) in [6, 6.07) is 10.8. The number of hydrogen-bond acceptors (Lipinski definition) is 2. The van der Waals surface area contributed by atoms with Crippen LogP contribution in [0.25, 0.3) is 0 Å². The van der Waals surface area contributed by atoms with Crippen molar-refractivity contribution in [1.29, 1.82) is 0 Å². The molecular formula is C11H15NS. The van der Waals surface area contributed by atoms with Gasteiger partial charge in [0.15, 0.2) is 0 Å². The fourth-order valence-corrected chi connectivity index (χ4v) is 3.06. The van der Waals surface area contributed by atoms with E-state index < -0.39 is 0 Å². The van der Waals surface area contributed by atoms with E-state index in [-0.39, 0.29) is 0 Å². The van der Waals surface area contributed by atoms with E-state index in [9.17, 15) is 0 Å². The van der Waals surface area contributed by atoms with Gasteiger partial charge in [0.05, 0.1) is 0 Å². The van der Waals surface area contributed by atoms with Gasteiger partial charge in [-0.1, -0.05) is 30.3 Å². The highest BCUT2D eigenvalue weighted by atomic mass is 32.2. The lowest BCUT2D eigenvalue weighted by Crippen LogP contribution is -2.30. The highest BCUT2D eigenvalue weighted by Gasteiger charge is 2.18. The Labute approximate surface area is 84.1 Å². The molecule has 2 heteroatoms. The molecule has 0 spiro atoms. The second kappa shape index (κ2) is 4.16. The Kier molecular flexibility index (Phi) is 2.91. The molecule has 1 aromatic rings. The van der Waals surface area contributed by atoms with Crippen LogP contribution in [0.4, 0.5) is 0 Å². The molecule has 2 rings (SSSR count). The van der Waals surface area contributed by atoms with Crippen LogP contribution in [0.5, 0.6) is 0 Å². The molecule has 0 unspecified atom stereocenters. The minimum Gasteiger partial charge on any atom is -0.304 e. The SMILES string of the molecule is CN1CCS[C@H](c2ccccc2)C1. The standard InChI is InChI=1S/C11H15NS/c1-12-7-8-13-11(9-12)10-5-3-2-4-6-10/h2-6,11H,7-9H2,1H3/t11-/m0/s1. The van der Waals surface area contributed by atoms with Crippen LogP contribution in [0.3, 0.4) is 0 Å². The maximum Gasteiger partial charge on any atom is 0.0424 e. The molecule has 1 aliphatic heterocycles. The maximum atomic E-state index is 2.41. The van der Waals surface area contributed by atoms with Gasteiger partial charge in [0.1, 0.15) is 0 Å². The van der Waals surface area contributed by atoms with E-state index >= 15 is 0 Å². The van der Waals surface area contributed by atoms with Gasteiger partial charge >= 0.3 is 0 Å². The van der Waals surface area contributed by atoms with Gasteiger partial charge in [0.2, 0.25) is 0 Å². The Morgan fingerprint density at radius 1 is 1.31 bits per heavy atom. The van der Waals surface area contributed by atoms with Crippen LogP contribution >= 0.6 is 11.8 Å². The van der Waals surface area contributed by atoms with E-state index in [2.05, 4.69) is 54.0 Å². The Balaban J connectivity index is 2.08. The second-order valence-electron chi connectivity index (χ2n) is 3.53. The molecule has 1 nitrogen and oxygen atoms in total. The average molecular weight is 193 g/mol. The van der Waals surface area contributed by atoms with Gasteiger partial charge in [0, 0.05) is 24.1 Å². The van der Waals surface area contributed by atoms with Crippen molar-refractivity contribution in [3.63, 3.8) is 0 Å². The zero-order chi connectivity index (χ0) is 9.10. The molecule has 13 heavy (non-hydrogen) atoms. The lowest BCUT2D eigenvalue weighted by Gasteiger charge is -2.29. The molecule has 1 saturated heterocycles. The number of thioether (sulfide) groups is 1. The predicted molar refractivity (Wildman–Crippen MR) is 59.1 cm³/mol. The van der Waals surface area contributed by atoms with Crippen molar-refractivity contribution in [3.05, 3.63) is 35.9 Å². The van der Waals surface area contributed by atoms with Gasteiger partial charge in [0.25, 0.3) is 0 Å². The molecule has 0 saturated carbocycles. The summed E-state index contributed by atoms with van der Waals surface area (Å²) in [6.07, 6.45) is 0. The number of hydrogen-bond donors (Lipinski definition) is 0. The van der Waals surface area contributed by atoms with Gasteiger partial charge in [-0.15, -0.1) is 0 Å². The summed E-state index contributed by atoms with van der Waals surface area (Å²) in [7, 11) is 2.20. The summed E-state index contributed by atoms with van der Waals surface area (Å²) in [5, 5.41) is 0.681. The maximum absolute atomic E-state index is 2.41. The van der Waals surface area contributed by atoms with Crippen molar-refractivity contribution in [2.75, 3.05) is 25.9 Å². The van der Waals surface area contributed by atoms with E-state index in [1.54, 1.807) is 0 Å². The van der Waals surface area contributed by atoms with Crippen molar-refractivity contribution in [2.45, 2.75) is 5.25 Å². The Morgan fingerprint density at radius 2 is 2.08 bits per heavy atom. The van der Waals surface area contributed by atoms with Gasteiger partial charge in [-0.3, -0.25) is 0 Å². The van der Waals surface area contributed by atoms with Crippen LogP contribution in [0.15, 0.2) is 30.3 Å². The van der Waals surface area contributed by atoms with Gasteiger partial charge in [-0.2, -0.15) is 11.8 Å². The van der Waals surface area contributed by atoms with Crippen molar-refractivity contribution >= 4 is 11.8 Å². The predicted octanol–water partition coefficient (Wildman–Crippen LogP) is 2.41. The van der Waals surface area contributed by atoms with E-state index in [1.165, 1.54) is 24.4 Å². The number of nitrogens with zero attached hydrogens (tertiary/aromatic N) is 1. The van der Waals surface area contributed by atoms with Crippen LogP contribution in [-0.4, -0.2) is 30.8 Å². The van der Waals surface area contributed by atoms with Crippen molar-refractivity contribution in [1.82, 2.24) is 4.90 Å². The Hall–Kier alpha value is -0.470. The van der Waals surface area contributed by atoms with E-state index in [0.29, 0.717) is 5.25 Å². The molecule has 1 aliphatic rings. The lowest BCUT2D eigenvalue weighted by atomic mass is 10.1. The largest absolute Gasteiger partial charge is 0.304 e. The van der Waals surface area contributed by atoms with Crippen molar-refractivity contribution < 1.29 is 0 Å². The summed E-state index contributed by atoms with van der Waals surface area (Å²) < 4.78 is 0. The topological polar surface area (TPSA) is 3.24 Å². The highest BCUT2D eigenvalue weighted by Crippen LogP contribution is 2.32. The zero-order valence-electron chi connectivity index (χ0n) is 7.94. The van der Waals surface area contributed by atoms with Crippen LogP contribution in [0, 0.1) is 0 Å². The minimum absolute atomic E-state index is 0.681. The normalized spacial score (nSPS) is 24.5. The summed E-state index contributed by atoms with van der Waals surface area (Å²) in [5.74, 6) is 1.26. The number of likely N-dealkylation sites (N-methyl/N-ethyl adjacent to an activating group) is 1. The average Bonchev–Trinajstić information content (AvgIpc) is 2.19. The Bertz CT molecular complexity index is 260. The van der Waals surface area contributed by atoms with Gasteiger partial charge in [-0.05, 0) is 12.6 Å². The van der Waals surface area contributed by atoms with Gasteiger partial charge in [-0.25, -0.2) is 0 Å². The molecule has 1 aromatic carbocycles. The third-order valence-electron chi connectivity index (χ3n) is 2.44. The van der Waals surface area contributed by atoms with Crippen molar-refractivity contribution in [3.8, 4) is 0 Å². The quantitative estimate of drug-likeness (QED) is 0.674. The van der Waals surface area contributed by atoms with E-state index in [4.69, 9.17) is 0 Å². The monoisotopic (exact) mass is 193 g/mol. The molecule has 1 fully saturated rings. The summed E-state index contributed by atoms with van der Waals surface area (Å²) in [4.78, 5) is 2.41. The van der Waals surface area contributed by atoms with Crippen LogP contribution in [-0.2, 0) is 0 Å². The molecule has 1 atom stereocenters. The van der Waals surface area contributed by atoms with E-state index in [0.717, 1.165) is 0 Å². The molecule has 70 valence electrons. The van der Waals surface area contributed by atoms with Crippen molar-refractivity contribution in [2.24, 2.45) is 0 Å². The summed E-state index contributed by atoms with van der Waals surface area (Å²) in [6.45, 7) is 2.42. The smallest absolute Gasteiger partial charge is 0.0424 e. The fraction of sp³-hybridized carbons (Fsp3) is 0.455. The molecule has 0 N–H and O–H groups in total. The minimum atomic E-state index is 0.681. The number of benzene rings is 1. The Morgan fingerprint density at radius 3 is 2.77 bits per heavy atom. The molecular weight excluding hydrogens is 178 g/mol. The molecule has 0 radical (unpaired) electrons. The first-order valence-electron chi connectivity index (χ1n) is 4.71. The molecule has 0 aliphatic carbocycles. The molecule has 1 heterocycles. The zero-order valence-corrected chi connectivity index (χ0v) is 8.76. The first kappa shape index (κ1) is 9.10.